The summed E-state index contributed by atoms with van der Waals surface area (Å²) in [6.07, 6.45) is 0.405. The van der Waals surface area contributed by atoms with E-state index in [4.69, 9.17) is 4.74 Å². The number of amides is 1. The van der Waals surface area contributed by atoms with Gasteiger partial charge in [0.2, 0.25) is 5.91 Å². The van der Waals surface area contributed by atoms with E-state index in [1.54, 1.807) is 22.9 Å². The van der Waals surface area contributed by atoms with Gasteiger partial charge in [-0.2, -0.15) is 4.37 Å². The van der Waals surface area contributed by atoms with Gasteiger partial charge >= 0.3 is 0 Å². The van der Waals surface area contributed by atoms with Gasteiger partial charge in [0, 0.05) is 48.7 Å². The second-order valence-electron chi connectivity index (χ2n) is 8.01. The molecule has 2 aromatic heterocycles. The van der Waals surface area contributed by atoms with Gasteiger partial charge in [0.15, 0.2) is 0 Å². The van der Waals surface area contributed by atoms with Gasteiger partial charge < -0.3 is 15.0 Å². The summed E-state index contributed by atoms with van der Waals surface area (Å²) in [6.45, 7) is 5.50. The van der Waals surface area contributed by atoms with Crippen molar-refractivity contribution in [2.75, 3.05) is 49.5 Å². The smallest absolute Gasteiger partial charge is 0.229 e. The van der Waals surface area contributed by atoms with Crippen LogP contribution < -0.4 is 15.0 Å². The Balaban J connectivity index is 1.04. The Kier molecular flexibility index (Phi) is 6.85. The van der Waals surface area contributed by atoms with Crippen LogP contribution in [0.5, 0.6) is 5.75 Å². The number of benzene rings is 2. The molecule has 0 bridgehead atoms. The number of hydrogen-bond acceptors (Lipinski definition) is 7. The van der Waals surface area contributed by atoms with Gasteiger partial charge in [-0.3, -0.25) is 9.69 Å². The predicted molar refractivity (Wildman–Crippen MR) is 137 cm³/mol. The fourth-order valence-corrected chi connectivity index (χ4v) is 5.49. The number of ether oxygens (including phenoxy) is 1. The first-order chi connectivity index (χ1) is 16.2. The lowest BCUT2D eigenvalue weighted by Gasteiger charge is -2.34. The molecule has 8 heteroatoms. The summed E-state index contributed by atoms with van der Waals surface area (Å²) >= 11 is 3.17. The molecular weight excluding hydrogens is 452 g/mol. The molecule has 6 nitrogen and oxygen atoms in total. The van der Waals surface area contributed by atoms with Crippen molar-refractivity contribution in [3.05, 3.63) is 70.9 Å². The highest BCUT2D eigenvalue weighted by Crippen LogP contribution is 2.29. The summed E-state index contributed by atoms with van der Waals surface area (Å²) in [5.74, 6) is 1.93. The zero-order valence-corrected chi connectivity index (χ0v) is 19.9. The molecule has 33 heavy (non-hydrogen) atoms. The Labute approximate surface area is 201 Å². The maximum atomic E-state index is 12.1. The number of nitrogens with zero attached hydrogens (tertiary/aromatic N) is 3. The van der Waals surface area contributed by atoms with Gasteiger partial charge in [0.25, 0.3) is 0 Å². The van der Waals surface area contributed by atoms with Crippen LogP contribution in [-0.4, -0.2) is 54.5 Å². The third-order valence-corrected chi connectivity index (χ3v) is 7.45. The quantitative estimate of drug-likeness (QED) is 0.396. The number of aromatic nitrogens is 1. The number of carbonyl (C=O) groups is 1. The summed E-state index contributed by atoms with van der Waals surface area (Å²) in [5, 5.41) is 6.18. The molecule has 1 aliphatic heterocycles. The summed E-state index contributed by atoms with van der Waals surface area (Å²) in [6, 6.07) is 20.0. The van der Waals surface area contributed by atoms with E-state index in [0.717, 1.165) is 54.9 Å². The molecule has 5 rings (SSSR count). The molecular formula is C25H26N4O2S2. The van der Waals surface area contributed by atoms with Crippen LogP contribution >= 0.6 is 22.9 Å². The van der Waals surface area contributed by atoms with E-state index in [2.05, 4.69) is 43.8 Å². The standard InChI is InChI=1S/C25H26N4O2S2/c30-24(18-21-4-3-17-32-21)26-19-7-9-20(10-8-19)31-16-15-28-11-13-29(14-12-28)25-22-5-1-2-6-23(22)33-27-25/h1-10,17H,11-16,18H2,(H,26,30). The average Bonchev–Trinajstić information content (AvgIpc) is 3.51. The first-order valence-electron chi connectivity index (χ1n) is 11.1. The van der Waals surface area contributed by atoms with Gasteiger partial charge in [-0.05, 0) is 59.4 Å². The predicted octanol–water partition coefficient (Wildman–Crippen LogP) is 4.74. The zero-order chi connectivity index (χ0) is 22.5. The van der Waals surface area contributed by atoms with Gasteiger partial charge in [-0.1, -0.05) is 18.2 Å². The van der Waals surface area contributed by atoms with Crippen molar-refractivity contribution in [3.63, 3.8) is 0 Å². The van der Waals surface area contributed by atoms with E-state index in [1.165, 1.54) is 10.1 Å². The molecule has 0 radical (unpaired) electrons. The lowest BCUT2D eigenvalue weighted by Crippen LogP contribution is -2.47. The Hall–Kier alpha value is -2.94. The van der Waals surface area contributed by atoms with Crippen LogP contribution in [0.4, 0.5) is 11.5 Å². The molecule has 0 aliphatic carbocycles. The Bertz CT molecular complexity index is 1180. The Morgan fingerprint density at radius 2 is 1.82 bits per heavy atom. The van der Waals surface area contributed by atoms with Crippen molar-refractivity contribution in [1.29, 1.82) is 0 Å². The first kappa shape index (κ1) is 21.9. The molecule has 0 atom stereocenters. The van der Waals surface area contributed by atoms with Crippen molar-refractivity contribution in [2.24, 2.45) is 0 Å². The van der Waals surface area contributed by atoms with Crippen LogP contribution in [-0.2, 0) is 11.2 Å². The molecule has 0 saturated carbocycles. The number of anilines is 2. The SMILES string of the molecule is O=C(Cc1cccs1)Nc1ccc(OCCN2CCN(c3nsc4ccccc34)CC2)cc1. The summed E-state index contributed by atoms with van der Waals surface area (Å²) < 4.78 is 11.9. The largest absolute Gasteiger partial charge is 0.492 e. The van der Waals surface area contributed by atoms with Crippen LogP contribution in [0, 0.1) is 0 Å². The van der Waals surface area contributed by atoms with Gasteiger partial charge in [-0.25, -0.2) is 0 Å². The monoisotopic (exact) mass is 478 g/mol. The van der Waals surface area contributed by atoms with Crippen LogP contribution in [0.15, 0.2) is 66.0 Å². The third kappa shape index (κ3) is 5.52. The fourth-order valence-electron chi connectivity index (χ4n) is 3.99. The van der Waals surface area contributed by atoms with Crippen molar-refractivity contribution >= 4 is 50.4 Å². The molecule has 0 spiro atoms. The van der Waals surface area contributed by atoms with Crippen LogP contribution in [0.3, 0.4) is 0 Å². The number of carbonyl (C=O) groups excluding carboxylic acids is 1. The molecule has 1 fully saturated rings. The Morgan fingerprint density at radius 3 is 2.61 bits per heavy atom. The molecule has 4 aromatic rings. The molecule has 0 unspecified atom stereocenters. The van der Waals surface area contributed by atoms with Crippen molar-refractivity contribution in [2.45, 2.75) is 6.42 Å². The van der Waals surface area contributed by atoms with Crippen LogP contribution in [0.2, 0.25) is 0 Å². The Morgan fingerprint density at radius 1 is 1.00 bits per heavy atom. The highest BCUT2D eigenvalue weighted by molar-refractivity contribution is 7.13. The lowest BCUT2D eigenvalue weighted by molar-refractivity contribution is -0.115. The van der Waals surface area contributed by atoms with E-state index in [-0.39, 0.29) is 5.91 Å². The number of piperazine rings is 1. The molecule has 1 aliphatic rings. The molecule has 1 N–H and O–H groups in total. The number of fused-ring (bicyclic) bond motifs is 1. The third-order valence-electron chi connectivity index (χ3n) is 5.76. The lowest BCUT2D eigenvalue weighted by atomic mass is 10.2. The molecule has 3 heterocycles. The normalized spacial score (nSPS) is 14.5. The van der Waals surface area contributed by atoms with Gasteiger partial charge in [0.05, 0.1) is 11.1 Å². The molecule has 1 amide bonds. The number of thiophene rings is 1. The number of hydrogen-bond donors (Lipinski definition) is 1. The van der Waals surface area contributed by atoms with Crippen molar-refractivity contribution < 1.29 is 9.53 Å². The van der Waals surface area contributed by atoms with Crippen molar-refractivity contribution in [3.8, 4) is 5.75 Å². The van der Waals surface area contributed by atoms with E-state index in [0.29, 0.717) is 13.0 Å². The number of rotatable bonds is 8. The fraction of sp³-hybridized carbons (Fsp3) is 0.280. The second-order valence-corrected chi connectivity index (χ2v) is 9.85. The maximum absolute atomic E-state index is 12.1. The average molecular weight is 479 g/mol. The minimum Gasteiger partial charge on any atom is -0.492 e. The second kappa shape index (κ2) is 10.3. The van der Waals surface area contributed by atoms with E-state index in [9.17, 15) is 4.79 Å². The highest BCUT2D eigenvalue weighted by Gasteiger charge is 2.20. The minimum absolute atomic E-state index is 0.00379. The van der Waals surface area contributed by atoms with Crippen LogP contribution in [0.25, 0.3) is 10.1 Å². The van der Waals surface area contributed by atoms with Crippen LogP contribution in [0.1, 0.15) is 4.88 Å². The summed E-state index contributed by atoms with van der Waals surface area (Å²) in [7, 11) is 0. The van der Waals surface area contributed by atoms with Crippen molar-refractivity contribution in [1.82, 2.24) is 9.27 Å². The van der Waals surface area contributed by atoms with E-state index in [1.807, 2.05) is 41.8 Å². The first-order valence-corrected chi connectivity index (χ1v) is 12.8. The van der Waals surface area contributed by atoms with Gasteiger partial charge in [0.1, 0.15) is 18.2 Å². The maximum Gasteiger partial charge on any atom is 0.229 e. The number of nitrogens with one attached hydrogen (secondary N) is 1. The summed E-state index contributed by atoms with van der Waals surface area (Å²) in [4.78, 5) is 18.0. The topological polar surface area (TPSA) is 57.7 Å². The zero-order valence-electron chi connectivity index (χ0n) is 18.3. The molecule has 1 saturated heterocycles. The van der Waals surface area contributed by atoms with Gasteiger partial charge in [-0.15, -0.1) is 11.3 Å². The molecule has 170 valence electrons. The van der Waals surface area contributed by atoms with E-state index < -0.39 is 0 Å². The summed E-state index contributed by atoms with van der Waals surface area (Å²) in [5.41, 5.74) is 0.787. The molecule has 2 aromatic carbocycles. The van der Waals surface area contributed by atoms with E-state index >= 15 is 0 Å². The minimum atomic E-state index is -0.00379. The highest BCUT2D eigenvalue weighted by atomic mass is 32.1.